The number of amides is 1. The fourth-order valence-corrected chi connectivity index (χ4v) is 2.00. The molecule has 2 aromatic rings. The van der Waals surface area contributed by atoms with E-state index in [0.29, 0.717) is 17.1 Å². The lowest BCUT2D eigenvalue weighted by molar-refractivity contribution is -0.274. The molecule has 0 unspecified atom stereocenters. The molecule has 0 atom stereocenters. The summed E-state index contributed by atoms with van der Waals surface area (Å²) in [5.74, 6) is 0.282. The molecule has 0 aliphatic rings. The van der Waals surface area contributed by atoms with Crippen molar-refractivity contribution in [3.8, 4) is 5.75 Å². The maximum absolute atomic E-state index is 12.3. The Morgan fingerprint density at radius 3 is 2.55 bits per heavy atom. The van der Waals surface area contributed by atoms with Crippen molar-refractivity contribution in [2.45, 2.75) is 26.8 Å². The fourth-order valence-electron chi connectivity index (χ4n) is 2.00. The highest BCUT2D eigenvalue weighted by Gasteiger charge is 2.32. The van der Waals surface area contributed by atoms with Gasteiger partial charge in [-0.1, -0.05) is 18.2 Å². The third kappa shape index (κ3) is 4.03. The number of halogens is 3. The number of hydrogen-bond acceptors (Lipinski definition) is 3. The number of benzene rings is 1. The van der Waals surface area contributed by atoms with Crippen LogP contribution in [0, 0.1) is 13.8 Å². The van der Waals surface area contributed by atoms with Gasteiger partial charge in [0.2, 0.25) is 0 Å². The van der Waals surface area contributed by atoms with Gasteiger partial charge in [-0.2, -0.15) is 0 Å². The van der Waals surface area contributed by atoms with Crippen molar-refractivity contribution in [1.29, 1.82) is 0 Å². The zero-order valence-corrected chi connectivity index (χ0v) is 12.0. The van der Waals surface area contributed by atoms with Crippen LogP contribution in [0.4, 0.5) is 13.2 Å². The molecule has 0 aliphatic carbocycles. The van der Waals surface area contributed by atoms with Crippen LogP contribution in [-0.4, -0.2) is 12.3 Å². The molecule has 7 heteroatoms. The van der Waals surface area contributed by atoms with Crippen molar-refractivity contribution in [1.82, 2.24) is 5.32 Å². The van der Waals surface area contributed by atoms with Gasteiger partial charge in [-0.15, -0.1) is 13.2 Å². The van der Waals surface area contributed by atoms with Gasteiger partial charge in [0.1, 0.15) is 17.3 Å². The van der Waals surface area contributed by atoms with Gasteiger partial charge in [-0.3, -0.25) is 4.79 Å². The SMILES string of the molecule is Cc1cc(C(=O)NCc2ccccc2OC(F)(F)F)c(C)o1. The van der Waals surface area contributed by atoms with E-state index in [1.807, 2.05) is 0 Å². The van der Waals surface area contributed by atoms with Crippen molar-refractivity contribution in [2.24, 2.45) is 0 Å². The number of furan rings is 1. The van der Waals surface area contributed by atoms with Gasteiger partial charge in [0.15, 0.2) is 0 Å². The van der Waals surface area contributed by atoms with Gasteiger partial charge in [0.05, 0.1) is 5.56 Å². The molecule has 0 aliphatic heterocycles. The molecule has 1 N–H and O–H groups in total. The van der Waals surface area contributed by atoms with Crippen LogP contribution in [0.25, 0.3) is 0 Å². The predicted octanol–water partition coefficient (Wildman–Crippen LogP) is 3.73. The maximum Gasteiger partial charge on any atom is 0.573 e. The molecule has 1 heterocycles. The Morgan fingerprint density at radius 2 is 1.95 bits per heavy atom. The molecular formula is C15H14F3NO3. The molecular weight excluding hydrogens is 299 g/mol. The van der Waals surface area contributed by atoms with Crippen LogP contribution >= 0.6 is 0 Å². The van der Waals surface area contributed by atoms with Crippen LogP contribution in [0.2, 0.25) is 0 Å². The zero-order valence-electron chi connectivity index (χ0n) is 12.0. The summed E-state index contributed by atoms with van der Waals surface area (Å²) >= 11 is 0. The van der Waals surface area contributed by atoms with Crippen molar-refractivity contribution in [3.63, 3.8) is 0 Å². The van der Waals surface area contributed by atoms with Crippen molar-refractivity contribution < 1.29 is 27.1 Å². The van der Waals surface area contributed by atoms with Crippen LogP contribution in [0.1, 0.15) is 27.4 Å². The summed E-state index contributed by atoms with van der Waals surface area (Å²) < 4.78 is 46.1. The topological polar surface area (TPSA) is 51.5 Å². The standard InChI is InChI=1S/C15H14F3NO3/c1-9-7-12(10(2)21-9)14(20)19-8-11-5-3-4-6-13(11)22-15(16,17)18/h3-7H,8H2,1-2H3,(H,19,20). The first-order valence-electron chi connectivity index (χ1n) is 6.45. The molecule has 2 rings (SSSR count). The largest absolute Gasteiger partial charge is 0.573 e. The van der Waals surface area contributed by atoms with E-state index in [2.05, 4.69) is 10.1 Å². The number of carbonyl (C=O) groups excluding carboxylic acids is 1. The third-order valence-electron chi connectivity index (χ3n) is 2.92. The quantitative estimate of drug-likeness (QED) is 0.936. The second kappa shape index (κ2) is 6.13. The first kappa shape index (κ1) is 15.9. The van der Waals surface area contributed by atoms with Gasteiger partial charge in [0.25, 0.3) is 5.91 Å². The van der Waals surface area contributed by atoms with E-state index >= 15 is 0 Å². The molecule has 4 nitrogen and oxygen atoms in total. The molecule has 22 heavy (non-hydrogen) atoms. The van der Waals surface area contributed by atoms with Crippen molar-refractivity contribution in [3.05, 3.63) is 53.0 Å². The molecule has 118 valence electrons. The average molecular weight is 313 g/mol. The number of ether oxygens (including phenoxy) is 1. The normalized spacial score (nSPS) is 11.3. The van der Waals surface area contributed by atoms with E-state index < -0.39 is 12.3 Å². The van der Waals surface area contributed by atoms with Crippen LogP contribution in [0.3, 0.4) is 0 Å². The minimum absolute atomic E-state index is 0.0885. The summed E-state index contributed by atoms with van der Waals surface area (Å²) in [5.41, 5.74) is 0.581. The molecule has 1 aromatic heterocycles. The summed E-state index contributed by atoms with van der Waals surface area (Å²) in [7, 11) is 0. The third-order valence-corrected chi connectivity index (χ3v) is 2.92. The Hall–Kier alpha value is -2.44. The Labute approximate surface area is 124 Å². The minimum atomic E-state index is -4.78. The zero-order chi connectivity index (χ0) is 16.3. The number of carbonyl (C=O) groups is 1. The molecule has 0 saturated heterocycles. The first-order chi connectivity index (χ1) is 10.3. The first-order valence-corrected chi connectivity index (χ1v) is 6.45. The molecule has 0 saturated carbocycles. The molecule has 1 amide bonds. The van der Waals surface area contributed by atoms with E-state index in [1.165, 1.54) is 18.2 Å². The number of rotatable bonds is 4. The summed E-state index contributed by atoms with van der Waals surface area (Å²) in [4.78, 5) is 12.0. The fraction of sp³-hybridized carbons (Fsp3) is 0.267. The van der Waals surface area contributed by atoms with Crippen LogP contribution in [0.5, 0.6) is 5.75 Å². The number of aryl methyl sites for hydroxylation is 2. The lowest BCUT2D eigenvalue weighted by Gasteiger charge is -2.13. The molecule has 0 radical (unpaired) electrons. The highest BCUT2D eigenvalue weighted by atomic mass is 19.4. The van der Waals surface area contributed by atoms with Crippen molar-refractivity contribution in [2.75, 3.05) is 0 Å². The maximum atomic E-state index is 12.3. The average Bonchev–Trinajstić information content (AvgIpc) is 2.75. The van der Waals surface area contributed by atoms with Crippen LogP contribution < -0.4 is 10.1 Å². The van der Waals surface area contributed by atoms with E-state index in [0.717, 1.165) is 0 Å². The number of hydrogen-bond donors (Lipinski definition) is 1. The molecule has 0 bridgehead atoms. The van der Waals surface area contributed by atoms with Gasteiger partial charge in [-0.05, 0) is 26.0 Å². The smallest absolute Gasteiger partial charge is 0.466 e. The van der Waals surface area contributed by atoms with E-state index in [4.69, 9.17) is 4.42 Å². The van der Waals surface area contributed by atoms with Crippen molar-refractivity contribution >= 4 is 5.91 Å². The highest BCUT2D eigenvalue weighted by molar-refractivity contribution is 5.95. The number of para-hydroxylation sites is 1. The lowest BCUT2D eigenvalue weighted by atomic mass is 10.2. The molecule has 0 spiro atoms. The summed E-state index contributed by atoms with van der Waals surface area (Å²) in [5, 5.41) is 2.55. The second-order valence-electron chi connectivity index (χ2n) is 4.67. The van der Waals surface area contributed by atoms with E-state index in [1.54, 1.807) is 26.0 Å². The Morgan fingerprint density at radius 1 is 1.27 bits per heavy atom. The molecule has 0 fully saturated rings. The van der Waals surface area contributed by atoms with Gasteiger partial charge < -0.3 is 14.5 Å². The minimum Gasteiger partial charge on any atom is -0.466 e. The van der Waals surface area contributed by atoms with Gasteiger partial charge >= 0.3 is 6.36 Å². The van der Waals surface area contributed by atoms with E-state index in [-0.39, 0.29) is 17.9 Å². The monoisotopic (exact) mass is 313 g/mol. The summed E-state index contributed by atoms with van der Waals surface area (Å²) in [6.45, 7) is 3.26. The van der Waals surface area contributed by atoms with Crippen LogP contribution in [0.15, 0.2) is 34.7 Å². The summed E-state index contributed by atoms with van der Waals surface area (Å²) in [6.07, 6.45) is -4.78. The Kier molecular flexibility index (Phi) is 4.44. The summed E-state index contributed by atoms with van der Waals surface area (Å²) in [6, 6.07) is 7.22. The second-order valence-corrected chi connectivity index (χ2v) is 4.67. The Balaban J connectivity index is 2.09. The van der Waals surface area contributed by atoms with Gasteiger partial charge in [0, 0.05) is 12.1 Å². The lowest BCUT2D eigenvalue weighted by Crippen LogP contribution is -2.24. The number of nitrogens with one attached hydrogen (secondary N) is 1. The number of alkyl halides is 3. The predicted molar refractivity (Wildman–Crippen MR) is 72.5 cm³/mol. The Bertz CT molecular complexity index is 677. The van der Waals surface area contributed by atoms with Crippen LogP contribution in [-0.2, 0) is 6.54 Å². The molecule has 1 aromatic carbocycles. The van der Waals surface area contributed by atoms with Gasteiger partial charge in [-0.25, -0.2) is 0 Å². The van der Waals surface area contributed by atoms with E-state index in [9.17, 15) is 18.0 Å². The highest BCUT2D eigenvalue weighted by Crippen LogP contribution is 2.26.